The number of amides is 1. The minimum absolute atomic E-state index is 0.182. The standard InChI is InChI=1S/C14H16ClNO3/c1-16(8-11(15)9-18-2)14(17)13-7-10-5-3-4-6-12(10)19-13/h3-7,11H,8-9H2,1-2H3. The topological polar surface area (TPSA) is 42.7 Å². The van der Waals surface area contributed by atoms with E-state index in [4.69, 9.17) is 20.8 Å². The molecule has 1 atom stereocenters. The Labute approximate surface area is 116 Å². The van der Waals surface area contributed by atoms with Gasteiger partial charge in [0.1, 0.15) is 5.58 Å². The normalized spacial score (nSPS) is 12.6. The summed E-state index contributed by atoms with van der Waals surface area (Å²) >= 11 is 6.04. The minimum atomic E-state index is -0.233. The number of alkyl halides is 1. The van der Waals surface area contributed by atoms with Gasteiger partial charge in [-0.1, -0.05) is 18.2 Å². The van der Waals surface area contributed by atoms with Crippen molar-refractivity contribution in [2.45, 2.75) is 5.38 Å². The highest BCUT2D eigenvalue weighted by Crippen LogP contribution is 2.19. The number of furan rings is 1. The van der Waals surface area contributed by atoms with Gasteiger partial charge >= 0.3 is 0 Å². The van der Waals surface area contributed by atoms with E-state index in [0.717, 1.165) is 5.39 Å². The summed E-state index contributed by atoms with van der Waals surface area (Å²) in [5, 5.41) is 0.682. The van der Waals surface area contributed by atoms with Gasteiger partial charge in [0, 0.05) is 26.1 Å². The van der Waals surface area contributed by atoms with Gasteiger partial charge in [0.05, 0.1) is 12.0 Å². The van der Waals surface area contributed by atoms with Gasteiger partial charge in [0.15, 0.2) is 5.76 Å². The zero-order valence-electron chi connectivity index (χ0n) is 10.9. The minimum Gasteiger partial charge on any atom is -0.451 e. The molecule has 0 spiro atoms. The molecule has 4 nitrogen and oxygen atoms in total. The number of benzene rings is 1. The molecule has 0 radical (unpaired) electrons. The van der Waals surface area contributed by atoms with E-state index in [-0.39, 0.29) is 11.3 Å². The monoisotopic (exact) mass is 281 g/mol. The van der Waals surface area contributed by atoms with Crippen molar-refractivity contribution >= 4 is 28.5 Å². The molecule has 1 aromatic heterocycles. The van der Waals surface area contributed by atoms with Gasteiger partial charge < -0.3 is 14.1 Å². The van der Waals surface area contributed by atoms with Gasteiger partial charge in [0.2, 0.25) is 0 Å². The van der Waals surface area contributed by atoms with Crippen LogP contribution >= 0.6 is 11.6 Å². The molecule has 19 heavy (non-hydrogen) atoms. The molecule has 1 heterocycles. The van der Waals surface area contributed by atoms with Crippen molar-refractivity contribution in [3.8, 4) is 0 Å². The van der Waals surface area contributed by atoms with Gasteiger partial charge in [0.25, 0.3) is 5.91 Å². The number of nitrogens with zero attached hydrogens (tertiary/aromatic N) is 1. The predicted molar refractivity (Wildman–Crippen MR) is 74.7 cm³/mol. The van der Waals surface area contributed by atoms with Crippen LogP contribution in [0.25, 0.3) is 11.0 Å². The maximum absolute atomic E-state index is 12.2. The van der Waals surface area contributed by atoms with E-state index in [1.807, 2.05) is 24.3 Å². The smallest absolute Gasteiger partial charge is 0.289 e. The fourth-order valence-electron chi connectivity index (χ4n) is 1.89. The summed E-state index contributed by atoms with van der Waals surface area (Å²) in [5.41, 5.74) is 0.707. The molecule has 0 fully saturated rings. The molecule has 1 amide bonds. The first-order chi connectivity index (χ1) is 9.11. The van der Waals surface area contributed by atoms with E-state index >= 15 is 0 Å². The van der Waals surface area contributed by atoms with Gasteiger partial charge in [-0.15, -0.1) is 11.6 Å². The summed E-state index contributed by atoms with van der Waals surface area (Å²) in [6.45, 7) is 0.810. The van der Waals surface area contributed by atoms with Crippen molar-refractivity contribution in [1.29, 1.82) is 0 Å². The highest BCUT2D eigenvalue weighted by Gasteiger charge is 2.19. The van der Waals surface area contributed by atoms with Crippen LogP contribution < -0.4 is 0 Å². The number of hydrogen-bond donors (Lipinski definition) is 0. The lowest BCUT2D eigenvalue weighted by molar-refractivity contribution is 0.0753. The Morgan fingerprint density at radius 2 is 2.21 bits per heavy atom. The fourth-order valence-corrected chi connectivity index (χ4v) is 2.22. The van der Waals surface area contributed by atoms with E-state index in [1.54, 1.807) is 20.2 Å². The largest absolute Gasteiger partial charge is 0.451 e. The fraction of sp³-hybridized carbons (Fsp3) is 0.357. The Kier molecular flexibility index (Phi) is 4.45. The molecule has 5 heteroatoms. The molecule has 0 aliphatic heterocycles. The molecule has 0 aliphatic rings. The molecule has 2 aromatic rings. The van der Waals surface area contributed by atoms with Crippen LogP contribution in [0.1, 0.15) is 10.6 Å². The molecule has 0 aliphatic carbocycles. The van der Waals surface area contributed by atoms with E-state index < -0.39 is 0 Å². The van der Waals surface area contributed by atoms with Crippen LogP contribution in [0.3, 0.4) is 0 Å². The summed E-state index contributed by atoms with van der Waals surface area (Å²) in [4.78, 5) is 13.7. The molecule has 0 saturated heterocycles. The third-order valence-corrected chi connectivity index (χ3v) is 3.07. The lowest BCUT2D eigenvalue weighted by Gasteiger charge is -2.18. The maximum atomic E-state index is 12.2. The first-order valence-electron chi connectivity index (χ1n) is 5.99. The number of para-hydroxylation sites is 1. The average molecular weight is 282 g/mol. The van der Waals surface area contributed by atoms with E-state index in [9.17, 15) is 4.79 Å². The summed E-state index contributed by atoms with van der Waals surface area (Å²) in [7, 11) is 3.27. The van der Waals surface area contributed by atoms with Crippen LogP contribution in [-0.2, 0) is 4.74 Å². The van der Waals surface area contributed by atoms with Crippen molar-refractivity contribution in [2.75, 3.05) is 27.3 Å². The van der Waals surface area contributed by atoms with Crippen LogP contribution in [0.5, 0.6) is 0 Å². The Bertz CT molecular complexity index is 534. The summed E-state index contributed by atoms with van der Waals surface area (Å²) in [6, 6.07) is 9.26. The Morgan fingerprint density at radius 3 is 2.89 bits per heavy atom. The van der Waals surface area contributed by atoms with Gasteiger partial charge in [-0.2, -0.15) is 0 Å². The number of rotatable bonds is 5. The van der Waals surface area contributed by atoms with Crippen molar-refractivity contribution < 1.29 is 13.9 Å². The van der Waals surface area contributed by atoms with Crippen LogP contribution in [0.2, 0.25) is 0 Å². The quantitative estimate of drug-likeness (QED) is 0.792. The Morgan fingerprint density at radius 1 is 1.47 bits per heavy atom. The molecule has 0 bridgehead atoms. The summed E-state index contributed by atoms with van der Waals surface area (Å²) < 4.78 is 10.5. The second-order valence-corrected chi connectivity index (χ2v) is 5.00. The highest BCUT2D eigenvalue weighted by atomic mass is 35.5. The molecular formula is C14H16ClNO3. The lowest BCUT2D eigenvalue weighted by Crippen LogP contribution is -2.33. The van der Waals surface area contributed by atoms with Crippen molar-refractivity contribution in [1.82, 2.24) is 4.90 Å². The first kappa shape index (κ1) is 13.9. The van der Waals surface area contributed by atoms with Gasteiger partial charge in [-0.25, -0.2) is 0 Å². The zero-order valence-corrected chi connectivity index (χ0v) is 11.7. The second-order valence-electron chi connectivity index (χ2n) is 4.39. The summed E-state index contributed by atoms with van der Waals surface area (Å²) in [5.74, 6) is 0.142. The maximum Gasteiger partial charge on any atom is 0.289 e. The average Bonchev–Trinajstić information content (AvgIpc) is 2.81. The molecular weight excluding hydrogens is 266 g/mol. The van der Waals surface area contributed by atoms with Gasteiger partial charge in [-0.3, -0.25) is 4.79 Å². The molecule has 1 aromatic carbocycles. The van der Waals surface area contributed by atoms with Crippen LogP contribution in [-0.4, -0.2) is 43.5 Å². The SMILES string of the molecule is COCC(Cl)CN(C)C(=O)c1cc2ccccc2o1. The van der Waals surface area contributed by atoms with E-state index in [0.29, 0.717) is 24.5 Å². The van der Waals surface area contributed by atoms with Crippen LogP contribution in [0, 0.1) is 0 Å². The third-order valence-electron chi connectivity index (χ3n) is 2.80. The molecule has 2 rings (SSSR count). The van der Waals surface area contributed by atoms with E-state index in [1.165, 1.54) is 4.90 Å². The number of carbonyl (C=O) groups is 1. The summed E-state index contributed by atoms with van der Waals surface area (Å²) in [6.07, 6.45) is 0. The number of halogens is 1. The van der Waals surface area contributed by atoms with Crippen LogP contribution in [0.15, 0.2) is 34.7 Å². The molecule has 0 N–H and O–H groups in total. The Hall–Kier alpha value is -1.52. The second kappa shape index (κ2) is 6.08. The van der Waals surface area contributed by atoms with Crippen molar-refractivity contribution in [3.05, 3.63) is 36.1 Å². The predicted octanol–water partition coefficient (Wildman–Crippen LogP) is 2.76. The number of fused-ring (bicyclic) bond motifs is 1. The zero-order chi connectivity index (χ0) is 13.8. The number of hydrogen-bond acceptors (Lipinski definition) is 3. The number of ether oxygens (including phenoxy) is 1. The van der Waals surface area contributed by atoms with E-state index in [2.05, 4.69) is 0 Å². The first-order valence-corrected chi connectivity index (χ1v) is 6.42. The molecule has 1 unspecified atom stereocenters. The van der Waals surface area contributed by atoms with Crippen molar-refractivity contribution in [2.24, 2.45) is 0 Å². The van der Waals surface area contributed by atoms with Crippen LogP contribution in [0.4, 0.5) is 0 Å². The lowest BCUT2D eigenvalue weighted by atomic mass is 10.2. The number of carbonyl (C=O) groups excluding carboxylic acids is 1. The van der Waals surface area contributed by atoms with Gasteiger partial charge in [-0.05, 0) is 12.1 Å². The Balaban J connectivity index is 2.10. The number of methoxy groups -OCH3 is 1. The van der Waals surface area contributed by atoms with Crippen molar-refractivity contribution in [3.63, 3.8) is 0 Å². The molecule has 0 saturated carbocycles. The molecule has 102 valence electrons. The third kappa shape index (κ3) is 3.28. The highest BCUT2D eigenvalue weighted by molar-refractivity contribution is 6.21.